The van der Waals surface area contributed by atoms with Crippen LogP contribution >= 0.6 is 11.8 Å². The third kappa shape index (κ3) is 1.89. The highest BCUT2D eigenvalue weighted by Crippen LogP contribution is 2.34. The van der Waals surface area contributed by atoms with Crippen LogP contribution in [0.3, 0.4) is 0 Å². The molecule has 0 aliphatic carbocycles. The van der Waals surface area contributed by atoms with E-state index in [1.54, 1.807) is 0 Å². The number of rotatable bonds is 3. The van der Waals surface area contributed by atoms with Crippen molar-refractivity contribution in [2.45, 2.75) is 25.5 Å². The van der Waals surface area contributed by atoms with Gasteiger partial charge in [0.25, 0.3) is 0 Å². The average Bonchev–Trinajstić information content (AvgIpc) is 1.84. The lowest BCUT2D eigenvalue weighted by Gasteiger charge is -2.39. The summed E-state index contributed by atoms with van der Waals surface area (Å²) in [6.07, 6.45) is 3.47. The Morgan fingerprint density at radius 1 is 1.60 bits per heavy atom. The van der Waals surface area contributed by atoms with Gasteiger partial charge in [0, 0.05) is 10.7 Å². The van der Waals surface area contributed by atoms with Crippen LogP contribution in [0.5, 0.6) is 0 Å². The minimum absolute atomic E-state index is 0.502. The van der Waals surface area contributed by atoms with Crippen molar-refractivity contribution in [3.63, 3.8) is 0 Å². The molecule has 1 rings (SSSR count). The molecule has 0 amide bonds. The molecular formula is C8H16OS. The molecule has 0 spiro atoms. The fourth-order valence-corrected chi connectivity index (χ4v) is 1.91. The molecule has 10 heavy (non-hydrogen) atoms. The van der Waals surface area contributed by atoms with Gasteiger partial charge in [-0.15, -0.1) is 0 Å². The van der Waals surface area contributed by atoms with E-state index in [1.165, 1.54) is 6.42 Å². The minimum Gasteiger partial charge on any atom is -0.380 e. The lowest BCUT2D eigenvalue weighted by molar-refractivity contribution is -0.105. The molecule has 2 heteroatoms. The van der Waals surface area contributed by atoms with Crippen molar-refractivity contribution in [3.8, 4) is 0 Å². The number of hydrogen-bond donors (Lipinski definition) is 0. The number of thioether (sulfide) groups is 1. The van der Waals surface area contributed by atoms with Crippen LogP contribution in [0.25, 0.3) is 0 Å². The second-order valence-electron chi connectivity index (χ2n) is 3.55. The Labute approximate surface area is 67.5 Å². The summed E-state index contributed by atoms with van der Waals surface area (Å²) in [4.78, 5) is 0. The van der Waals surface area contributed by atoms with Crippen LogP contribution < -0.4 is 0 Å². The monoisotopic (exact) mass is 160 g/mol. The Bertz CT molecular complexity index is 110. The second kappa shape index (κ2) is 3.14. The van der Waals surface area contributed by atoms with Crippen molar-refractivity contribution >= 4 is 11.8 Å². The summed E-state index contributed by atoms with van der Waals surface area (Å²) in [7, 11) is 0. The first-order valence-corrected chi connectivity index (χ1v) is 5.06. The maximum Gasteiger partial charge on any atom is 0.0542 e. The predicted octanol–water partition coefficient (Wildman–Crippen LogP) is 2.16. The maximum absolute atomic E-state index is 5.17. The van der Waals surface area contributed by atoms with E-state index in [9.17, 15) is 0 Å². The lowest BCUT2D eigenvalue weighted by Crippen LogP contribution is -2.41. The summed E-state index contributed by atoms with van der Waals surface area (Å²) < 4.78 is 5.17. The molecule has 60 valence electrons. The smallest absolute Gasteiger partial charge is 0.0542 e. The maximum atomic E-state index is 5.17. The quantitative estimate of drug-likeness (QED) is 0.625. The molecule has 0 saturated carbocycles. The lowest BCUT2D eigenvalue weighted by atomic mass is 9.84. The van der Waals surface area contributed by atoms with Gasteiger partial charge in [-0.25, -0.2) is 0 Å². The van der Waals surface area contributed by atoms with Crippen molar-refractivity contribution in [2.75, 3.05) is 19.5 Å². The summed E-state index contributed by atoms with van der Waals surface area (Å²) in [6, 6.07) is 0. The van der Waals surface area contributed by atoms with E-state index in [2.05, 4.69) is 20.1 Å². The summed E-state index contributed by atoms with van der Waals surface area (Å²) >= 11 is 1.95. The third-order valence-corrected chi connectivity index (χ3v) is 3.06. The zero-order chi connectivity index (χ0) is 7.61. The Morgan fingerprint density at radius 2 is 2.20 bits per heavy atom. The molecule has 0 aromatic rings. The first-order valence-electron chi connectivity index (χ1n) is 3.77. The van der Waals surface area contributed by atoms with E-state index in [0.717, 1.165) is 18.5 Å². The molecule has 1 atom stereocenters. The molecule has 1 aliphatic rings. The molecule has 0 aromatic heterocycles. The van der Waals surface area contributed by atoms with Crippen molar-refractivity contribution in [3.05, 3.63) is 0 Å². The first-order chi connectivity index (χ1) is 4.66. The highest BCUT2D eigenvalue weighted by Gasteiger charge is 2.34. The fraction of sp³-hybridized carbons (Fsp3) is 1.00. The van der Waals surface area contributed by atoms with E-state index in [4.69, 9.17) is 4.74 Å². The Kier molecular flexibility index (Phi) is 2.64. The van der Waals surface area contributed by atoms with E-state index in [-0.39, 0.29) is 0 Å². The van der Waals surface area contributed by atoms with Gasteiger partial charge in [-0.3, -0.25) is 0 Å². The zero-order valence-corrected chi connectivity index (χ0v) is 7.83. The first kappa shape index (κ1) is 8.41. The molecule has 1 fully saturated rings. The van der Waals surface area contributed by atoms with Crippen molar-refractivity contribution in [1.29, 1.82) is 0 Å². The van der Waals surface area contributed by atoms with Gasteiger partial charge in [-0.05, 0) is 12.7 Å². The average molecular weight is 160 g/mol. The van der Waals surface area contributed by atoms with Gasteiger partial charge < -0.3 is 4.74 Å². The van der Waals surface area contributed by atoms with E-state index in [0.29, 0.717) is 5.41 Å². The highest BCUT2D eigenvalue weighted by molar-refractivity contribution is 7.99. The van der Waals surface area contributed by atoms with Gasteiger partial charge in [0.1, 0.15) is 0 Å². The molecule has 0 N–H and O–H groups in total. The molecule has 1 aliphatic heterocycles. The van der Waals surface area contributed by atoms with Crippen LogP contribution in [0.4, 0.5) is 0 Å². The van der Waals surface area contributed by atoms with E-state index >= 15 is 0 Å². The largest absolute Gasteiger partial charge is 0.380 e. The van der Waals surface area contributed by atoms with Crippen molar-refractivity contribution in [1.82, 2.24) is 0 Å². The van der Waals surface area contributed by atoms with Crippen LogP contribution in [0, 0.1) is 5.41 Å². The molecule has 1 unspecified atom stereocenters. The van der Waals surface area contributed by atoms with Crippen molar-refractivity contribution in [2.24, 2.45) is 5.41 Å². The van der Waals surface area contributed by atoms with Crippen LogP contribution in [0.15, 0.2) is 0 Å². The molecule has 0 aromatic carbocycles. The topological polar surface area (TPSA) is 9.23 Å². The number of hydrogen-bond acceptors (Lipinski definition) is 2. The van der Waals surface area contributed by atoms with Crippen LogP contribution in [0.1, 0.15) is 20.3 Å². The van der Waals surface area contributed by atoms with Gasteiger partial charge >= 0.3 is 0 Å². The van der Waals surface area contributed by atoms with E-state index < -0.39 is 0 Å². The zero-order valence-electron chi connectivity index (χ0n) is 7.02. The van der Waals surface area contributed by atoms with Gasteiger partial charge in [0.15, 0.2) is 0 Å². The van der Waals surface area contributed by atoms with Gasteiger partial charge in [0.05, 0.1) is 13.2 Å². The summed E-state index contributed by atoms with van der Waals surface area (Å²) in [5, 5.41) is 0.786. The second-order valence-corrected chi connectivity index (χ2v) is 4.83. The Morgan fingerprint density at radius 3 is 2.50 bits per heavy atom. The summed E-state index contributed by atoms with van der Waals surface area (Å²) in [6.45, 7) is 6.53. The fourth-order valence-electron chi connectivity index (χ4n) is 1.35. The van der Waals surface area contributed by atoms with Crippen LogP contribution in [-0.4, -0.2) is 24.7 Å². The summed E-state index contributed by atoms with van der Waals surface area (Å²) in [5.74, 6) is 0. The summed E-state index contributed by atoms with van der Waals surface area (Å²) in [5.41, 5.74) is 0.502. The molecule has 0 bridgehead atoms. The van der Waals surface area contributed by atoms with Crippen molar-refractivity contribution < 1.29 is 4.74 Å². The standard InChI is InChI=1S/C8H16OS/c1-7(10-3)4-8(2)5-9-6-8/h7H,4-6H2,1-3H3. The van der Waals surface area contributed by atoms with Crippen LogP contribution in [-0.2, 0) is 4.74 Å². The molecular weight excluding hydrogens is 144 g/mol. The Hall–Kier alpha value is 0.310. The van der Waals surface area contributed by atoms with Gasteiger partial charge in [-0.2, -0.15) is 11.8 Å². The Balaban J connectivity index is 2.22. The highest BCUT2D eigenvalue weighted by atomic mass is 32.2. The third-order valence-electron chi connectivity index (χ3n) is 2.08. The van der Waals surface area contributed by atoms with E-state index in [1.807, 2.05) is 11.8 Å². The molecule has 0 radical (unpaired) electrons. The SMILES string of the molecule is CSC(C)CC1(C)COC1. The molecule has 1 saturated heterocycles. The predicted molar refractivity (Wildman–Crippen MR) is 46.5 cm³/mol. The number of ether oxygens (including phenoxy) is 1. The molecule has 1 nitrogen and oxygen atoms in total. The normalized spacial score (nSPS) is 25.5. The van der Waals surface area contributed by atoms with Crippen LogP contribution in [0.2, 0.25) is 0 Å². The minimum atomic E-state index is 0.502. The van der Waals surface area contributed by atoms with Gasteiger partial charge in [-0.1, -0.05) is 13.8 Å². The molecule has 1 heterocycles. The van der Waals surface area contributed by atoms with Gasteiger partial charge in [0.2, 0.25) is 0 Å².